The van der Waals surface area contributed by atoms with Crippen LogP contribution in [0.15, 0.2) is 123 Å². The van der Waals surface area contributed by atoms with E-state index in [2.05, 4.69) is 24.5 Å². The van der Waals surface area contributed by atoms with Crippen LogP contribution in [0.25, 0.3) is 22.0 Å². The van der Waals surface area contributed by atoms with E-state index < -0.39 is 91.6 Å². The van der Waals surface area contributed by atoms with Crippen LogP contribution in [0.4, 0.5) is 17.1 Å². The van der Waals surface area contributed by atoms with Crippen molar-refractivity contribution in [2.75, 3.05) is 17.2 Å². The lowest BCUT2D eigenvalue weighted by molar-refractivity contribution is -0.118. The molecule has 0 bridgehead atoms. The van der Waals surface area contributed by atoms with Crippen LogP contribution in [-0.2, 0) is 42.2 Å². The molecule has 1 amide bonds. The van der Waals surface area contributed by atoms with Gasteiger partial charge in [-0.15, -0.1) is 0 Å². The molecule has 0 fully saturated rings. The van der Waals surface area contributed by atoms with E-state index in [4.69, 9.17) is 4.74 Å². The van der Waals surface area contributed by atoms with Crippen LogP contribution in [-0.4, -0.2) is 67.6 Å². The first-order valence-electron chi connectivity index (χ1n) is 18.0. The van der Waals surface area contributed by atoms with Crippen molar-refractivity contribution in [3.05, 3.63) is 136 Å². The normalized spacial score (nSPS) is 12.2. The summed E-state index contributed by atoms with van der Waals surface area (Å²) >= 11 is 0. The maximum absolute atomic E-state index is 14.4. The Bertz CT molecular complexity index is 3200. The molecule has 0 spiro atoms. The summed E-state index contributed by atoms with van der Waals surface area (Å²) in [6.45, 7) is 3.59. The molecular weight excluding hydrogens is 855 g/mol. The molecule has 5 N–H and O–H groups in total. The molecule has 6 aromatic rings. The van der Waals surface area contributed by atoms with Gasteiger partial charge in [0.25, 0.3) is 41.8 Å². The zero-order valence-corrected chi connectivity index (χ0v) is 34.7. The predicted molar refractivity (Wildman–Crippen MR) is 224 cm³/mol. The van der Waals surface area contributed by atoms with Crippen LogP contribution >= 0.6 is 0 Å². The van der Waals surface area contributed by atoms with Crippen LogP contribution in [0.5, 0.6) is 5.75 Å². The number of rotatable bonds is 11. The second kappa shape index (κ2) is 16.8. The number of carbonyl (C=O) groups excluding carboxylic acids is 3. The van der Waals surface area contributed by atoms with Crippen molar-refractivity contribution in [1.82, 2.24) is 4.57 Å². The molecule has 1 aliphatic carbocycles. The Kier molecular flexibility index (Phi) is 12.1. The van der Waals surface area contributed by atoms with Crippen LogP contribution in [0.3, 0.4) is 0 Å². The fraction of sp³-hybridized carbons (Fsp3) is 0.122. The summed E-state index contributed by atoms with van der Waals surface area (Å²) in [4.78, 5) is 52.8. The van der Waals surface area contributed by atoms with Gasteiger partial charge in [0, 0.05) is 29.1 Å². The first-order chi connectivity index (χ1) is 28.7. The lowest BCUT2D eigenvalue weighted by Crippen LogP contribution is -2.29. The SMILES string of the molecule is CCC.Cn1c(=O)c(C(=O)c2cccc(S(=O)(=O)O)c2)c2c3c(c(Nc4cc(NC(=O)COc5ccccc5)c(S(=O)(=O)O)cc4S(=O)(=O)O)ccc31)C(=O)c1ccccc1-2. The number of hydrogen-bond acceptors (Lipinski definition) is 12. The molecule has 0 saturated heterocycles. The minimum Gasteiger partial charge on any atom is -0.484 e. The maximum atomic E-state index is 14.4. The number of amides is 1. The Morgan fingerprint density at radius 3 is 1.90 bits per heavy atom. The number of nitrogens with one attached hydrogen (secondary N) is 2. The number of hydrogen-bond donors (Lipinski definition) is 5. The highest BCUT2D eigenvalue weighted by Gasteiger charge is 2.35. The van der Waals surface area contributed by atoms with Gasteiger partial charge in [-0.2, -0.15) is 25.3 Å². The number of ketones is 2. The van der Waals surface area contributed by atoms with Gasteiger partial charge < -0.3 is 19.9 Å². The smallest absolute Gasteiger partial charge is 0.296 e. The summed E-state index contributed by atoms with van der Waals surface area (Å²) < 4.78 is 111. The van der Waals surface area contributed by atoms with Gasteiger partial charge in [-0.3, -0.25) is 32.8 Å². The van der Waals surface area contributed by atoms with E-state index in [0.717, 1.165) is 22.8 Å². The van der Waals surface area contributed by atoms with Crippen molar-refractivity contribution in [2.45, 2.75) is 35.0 Å². The average molecular weight is 890 g/mol. The maximum Gasteiger partial charge on any atom is 0.296 e. The van der Waals surface area contributed by atoms with Crippen LogP contribution in [0.2, 0.25) is 0 Å². The summed E-state index contributed by atoms with van der Waals surface area (Å²) in [6, 6.07) is 22.1. The lowest BCUT2D eigenvalue weighted by atomic mass is 9.80. The third kappa shape index (κ3) is 8.85. The summed E-state index contributed by atoms with van der Waals surface area (Å²) in [5.41, 5.74) is -3.07. The monoisotopic (exact) mass is 889 g/mol. The zero-order valence-electron chi connectivity index (χ0n) is 32.2. The van der Waals surface area contributed by atoms with E-state index in [1.807, 2.05) is 0 Å². The molecular formula is C41H35N3O14S3. The number of aryl methyl sites for hydroxylation is 1. The van der Waals surface area contributed by atoms with Crippen molar-refractivity contribution in [3.8, 4) is 16.9 Å². The molecule has 5 aromatic carbocycles. The van der Waals surface area contributed by atoms with E-state index in [9.17, 15) is 58.1 Å². The van der Waals surface area contributed by atoms with E-state index >= 15 is 0 Å². The number of ether oxygens (including phenoxy) is 1. The largest absolute Gasteiger partial charge is 0.484 e. The minimum atomic E-state index is -5.33. The van der Waals surface area contributed by atoms with Gasteiger partial charge in [0.2, 0.25) is 0 Å². The van der Waals surface area contributed by atoms with Crippen molar-refractivity contribution in [3.63, 3.8) is 0 Å². The molecule has 7 rings (SSSR count). The van der Waals surface area contributed by atoms with Crippen molar-refractivity contribution in [2.24, 2.45) is 7.05 Å². The number of anilines is 3. The standard InChI is InChI=1S/C38H27N3O14S3.C3H8/c1-41-28-15-14-25(39-26-17-27(30(58(52,53)54)18-29(26)57(49,50)51)40-31(42)19-55-21-9-3-2-4-10-21)33-34(28)32(23-12-5-6-13-24(23)37(33)44)35(38(41)45)36(43)20-8-7-11-22(16-20)56(46,47)48;1-3-2/h2-18,39H,19H2,1H3,(H,40,42)(H,46,47,48)(H,49,50,51)(H,52,53,54);3H2,1-2H3. The molecule has 1 aliphatic rings. The zero-order chi connectivity index (χ0) is 44.6. The van der Waals surface area contributed by atoms with E-state index in [0.29, 0.717) is 6.07 Å². The molecule has 0 radical (unpaired) electrons. The highest BCUT2D eigenvalue weighted by atomic mass is 32.2. The molecule has 0 atom stereocenters. The second-order valence-electron chi connectivity index (χ2n) is 13.5. The number of aromatic nitrogens is 1. The fourth-order valence-electron chi connectivity index (χ4n) is 6.61. The molecule has 0 saturated carbocycles. The second-order valence-corrected chi connectivity index (χ2v) is 17.7. The highest BCUT2D eigenvalue weighted by Crippen LogP contribution is 2.45. The van der Waals surface area contributed by atoms with Crippen LogP contribution in [0, 0.1) is 0 Å². The van der Waals surface area contributed by atoms with Crippen LogP contribution in [0.1, 0.15) is 52.1 Å². The molecule has 0 aliphatic heterocycles. The van der Waals surface area contributed by atoms with Crippen molar-refractivity contribution in [1.29, 1.82) is 0 Å². The number of para-hydroxylation sites is 1. The van der Waals surface area contributed by atoms with E-state index in [-0.39, 0.29) is 50.2 Å². The fourth-order valence-corrected chi connectivity index (χ4v) is 8.52. The Hall–Kier alpha value is -6.55. The minimum absolute atomic E-state index is 0.0115. The molecule has 0 unspecified atom stereocenters. The van der Waals surface area contributed by atoms with Gasteiger partial charge in [-0.1, -0.05) is 74.9 Å². The Labute approximate surface area is 348 Å². The molecule has 1 aromatic heterocycles. The van der Waals surface area contributed by atoms with Gasteiger partial charge in [0.05, 0.1) is 38.6 Å². The summed E-state index contributed by atoms with van der Waals surface area (Å²) in [5.74, 6) is -2.32. The average Bonchev–Trinajstić information content (AvgIpc) is 3.20. The number of benzene rings is 5. The number of fused-ring (bicyclic) bond motifs is 2. The Balaban J connectivity index is 0.00000201. The first kappa shape index (κ1) is 44.0. The Morgan fingerprint density at radius 2 is 1.28 bits per heavy atom. The van der Waals surface area contributed by atoms with E-state index in [1.54, 1.807) is 36.4 Å². The first-order valence-corrected chi connectivity index (χ1v) is 22.3. The quantitative estimate of drug-likeness (QED) is 0.0748. The van der Waals surface area contributed by atoms with Gasteiger partial charge in [0.1, 0.15) is 15.5 Å². The summed E-state index contributed by atoms with van der Waals surface area (Å²) in [6.07, 6.45) is 1.25. The third-order valence-electron chi connectivity index (χ3n) is 9.15. The van der Waals surface area contributed by atoms with Gasteiger partial charge in [-0.05, 0) is 54.1 Å². The third-order valence-corrected chi connectivity index (χ3v) is 11.8. The predicted octanol–water partition coefficient (Wildman–Crippen LogP) is 5.90. The molecule has 1 heterocycles. The summed E-state index contributed by atoms with van der Waals surface area (Å²) in [5, 5.41) is 4.97. The number of carbonyl (C=O) groups is 3. The molecule has 20 heteroatoms. The van der Waals surface area contributed by atoms with Crippen molar-refractivity contribution < 1.29 is 58.0 Å². The lowest BCUT2D eigenvalue weighted by Gasteiger charge is -2.26. The van der Waals surface area contributed by atoms with Crippen LogP contribution < -0.4 is 20.9 Å². The topological polar surface area (TPSA) is 270 Å². The molecule has 316 valence electrons. The van der Waals surface area contributed by atoms with Crippen molar-refractivity contribution >= 4 is 75.8 Å². The summed E-state index contributed by atoms with van der Waals surface area (Å²) in [7, 11) is -14.1. The van der Waals surface area contributed by atoms with Gasteiger partial charge >= 0.3 is 0 Å². The van der Waals surface area contributed by atoms with Gasteiger partial charge in [0.15, 0.2) is 18.2 Å². The molecule has 61 heavy (non-hydrogen) atoms. The van der Waals surface area contributed by atoms with E-state index in [1.165, 1.54) is 55.9 Å². The molecule has 17 nitrogen and oxygen atoms in total. The number of pyridine rings is 1. The van der Waals surface area contributed by atoms with Gasteiger partial charge in [-0.25, -0.2) is 0 Å². The number of nitrogens with zero attached hydrogens (tertiary/aromatic N) is 1. The Morgan fingerprint density at radius 1 is 0.672 bits per heavy atom. The highest BCUT2D eigenvalue weighted by molar-refractivity contribution is 7.87.